The first kappa shape index (κ1) is 13.4. The van der Waals surface area contributed by atoms with Gasteiger partial charge in [-0.1, -0.05) is 18.9 Å². The molecule has 2 aliphatic rings. The molecule has 0 amide bonds. The highest BCUT2D eigenvalue weighted by atomic mass is 15.2. The number of hydrogen-bond donors (Lipinski definition) is 2. The van der Waals surface area contributed by atoms with Crippen molar-refractivity contribution in [3.8, 4) is 0 Å². The zero-order valence-electron chi connectivity index (χ0n) is 12.6. The quantitative estimate of drug-likeness (QED) is 0.905. The van der Waals surface area contributed by atoms with Crippen molar-refractivity contribution in [2.24, 2.45) is 5.92 Å². The number of benzene rings is 1. The fourth-order valence-electron chi connectivity index (χ4n) is 4.27. The lowest BCUT2D eigenvalue weighted by atomic mass is 9.89. The van der Waals surface area contributed by atoms with Gasteiger partial charge in [0, 0.05) is 43.9 Å². The lowest BCUT2D eigenvalue weighted by Gasteiger charge is -2.38. The maximum atomic E-state index is 3.49. The van der Waals surface area contributed by atoms with Crippen LogP contribution in [0.25, 0.3) is 10.9 Å². The highest BCUT2D eigenvalue weighted by molar-refractivity contribution is 5.80. The van der Waals surface area contributed by atoms with Crippen LogP contribution in [-0.4, -0.2) is 36.1 Å². The van der Waals surface area contributed by atoms with Crippen molar-refractivity contribution in [2.75, 3.05) is 26.2 Å². The molecule has 1 aromatic heterocycles. The molecule has 1 atom stereocenters. The van der Waals surface area contributed by atoms with Crippen molar-refractivity contribution in [2.45, 2.75) is 31.7 Å². The monoisotopic (exact) mass is 283 g/mol. The van der Waals surface area contributed by atoms with Gasteiger partial charge in [0.15, 0.2) is 0 Å². The summed E-state index contributed by atoms with van der Waals surface area (Å²) in [5.41, 5.74) is 2.78. The number of aromatic amines is 1. The van der Waals surface area contributed by atoms with E-state index in [1.54, 1.807) is 0 Å². The molecule has 112 valence electrons. The second-order valence-corrected chi connectivity index (χ2v) is 6.60. The molecular weight excluding hydrogens is 258 g/mol. The largest absolute Gasteiger partial charge is 0.361 e. The van der Waals surface area contributed by atoms with Crippen LogP contribution in [0.4, 0.5) is 0 Å². The third-order valence-electron chi connectivity index (χ3n) is 5.31. The Balaban J connectivity index is 1.69. The third-order valence-corrected chi connectivity index (χ3v) is 5.31. The molecule has 1 aliphatic heterocycles. The second-order valence-electron chi connectivity index (χ2n) is 6.60. The molecule has 3 nitrogen and oxygen atoms in total. The van der Waals surface area contributed by atoms with Gasteiger partial charge in [0.2, 0.25) is 0 Å². The number of nitrogens with zero attached hydrogens (tertiary/aromatic N) is 1. The normalized spacial score (nSPS) is 22.9. The zero-order valence-corrected chi connectivity index (χ0v) is 12.6. The van der Waals surface area contributed by atoms with Gasteiger partial charge in [0.25, 0.3) is 0 Å². The van der Waals surface area contributed by atoms with E-state index in [9.17, 15) is 0 Å². The van der Waals surface area contributed by atoms with Crippen molar-refractivity contribution in [3.63, 3.8) is 0 Å². The van der Waals surface area contributed by atoms with Crippen molar-refractivity contribution >= 4 is 10.9 Å². The first-order valence-corrected chi connectivity index (χ1v) is 8.43. The molecule has 2 fully saturated rings. The summed E-state index contributed by atoms with van der Waals surface area (Å²) in [6, 6.07) is 9.84. The second kappa shape index (κ2) is 5.82. The molecule has 0 radical (unpaired) electrons. The molecule has 21 heavy (non-hydrogen) atoms. The number of nitrogens with one attached hydrogen (secondary N) is 2. The maximum Gasteiger partial charge on any atom is 0.0454 e. The van der Waals surface area contributed by atoms with Crippen LogP contribution >= 0.6 is 0 Å². The van der Waals surface area contributed by atoms with Crippen LogP contribution in [0.15, 0.2) is 30.5 Å². The minimum absolute atomic E-state index is 0.619. The van der Waals surface area contributed by atoms with Crippen molar-refractivity contribution in [3.05, 3.63) is 36.0 Å². The predicted molar refractivity (Wildman–Crippen MR) is 87.4 cm³/mol. The Labute approximate surface area is 126 Å². The average molecular weight is 283 g/mol. The van der Waals surface area contributed by atoms with E-state index < -0.39 is 0 Å². The molecule has 2 heterocycles. The first-order valence-electron chi connectivity index (χ1n) is 8.43. The number of hydrogen-bond acceptors (Lipinski definition) is 2. The number of aromatic nitrogens is 1. The molecule has 4 rings (SSSR count). The lowest BCUT2D eigenvalue weighted by molar-refractivity contribution is 0.125. The molecule has 1 aliphatic carbocycles. The Hall–Kier alpha value is -1.32. The lowest BCUT2D eigenvalue weighted by Crippen LogP contribution is -2.46. The molecule has 2 aromatic rings. The average Bonchev–Trinajstić information content (AvgIpc) is 3.19. The van der Waals surface area contributed by atoms with E-state index in [0.29, 0.717) is 6.04 Å². The number of piperazine rings is 1. The van der Waals surface area contributed by atoms with Crippen LogP contribution < -0.4 is 5.32 Å². The number of fused-ring (bicyclic) bond motifs is 1. The van der Waals surface area contributed by atoms with Crippen LogP contribution in [-0.2, 0) is 0 Å². The van der Waals surface area contributed by atoms with E-state index in [0.717, 1.165) is 19.0 Å². The Morgan fingerprint density at radius 1 is 1.05 bits per heavy atom. The van der Waals surface area contributed by atoms with Crippen LogP contribution in [0, 0.1) is 5.92 Å². The summed E-state index contributed by atoms with van der Waals surface area (Å²) in [4.78, 5) is 6.03. The SMILES string of the molecule is c1cc2cc([C@H](C3CCCC3)N3CCNCC3)ccc2[nH]1. The molecule has 3 heteroatoms. The fraction of sp³-hybridized carbons (Fsp3) is 0.556. The van der Waals surface area contributed by atoms with Crippen LogP contribution in [0.3, 0.4) is 0 Å². The van der Waals surface area contributed by atoms with Crippen molar-refractivity contribution in [1.29, 1.82) is 0 Å². The topological polar surface area (TPSA) is 31.1 Å². The van der Waals surface area contributed by atoms with E-state index in [1.807, 2.05) is 6.20 Å². The van der Waals surface area contributed by atoms with E-state index in [4.69, 9.17) is 0 Å². The highest BCUT2D eigenvalue weighted by Crippen LogP contribution is 2.40. The smallest absolute Gasteiger partial charge is 0.0454 e. The minimum atomic E-state index is 0.619. The summed E-state index contributed by atoms with van der Waals surface area (Å²) in [5.74, 6) is 0.847. The molecular formula is C18H25N3. The van der Waals surface area contributed by atoms with E-state index in [1.165, 1.54) is 55.2 Å². The Bertz CT molecular complexity index is 591. The summed E-state index contributed by atoms with van der Waals surface area (Å²) in [7, 11) is 0. The highest BCUT2D eigenvalue weighted by Gasteiger charge is 2.31. The summed E-state index contributed by atoms with van der Waals surface area (Å²) in [6.45, 7) is 4.64. The molecule has 0 unspecified atom stereocenters. The van der Waals surface area contributed by atoms with Gasteiger partial charge in [-0.2, -0.15) is 0 Å². The minimum Gasteiger partial charge on any atom is -0.361 e. The van der Waals surface area contributed by atoms with Gasteiger partial charge in [-0.25, -0.2) is 0 Å². The summed E-state index contributed by atoms with van der Waals surface area (Å²) >= 11 is 0. The standard InChI is InChI=1S/C18H25N3/c1-2-4-14(3-1)18(21-11-9-19-10-12-21)16-5-6-17-15(13-16)7-8-20-17/h5-8,13-14,18-20H,1-4,9-12H2/t18-/m0/s1. The molecule has 0 spiro atoms. The van der Waals surface area contributed by atoms with Crippen LogP contribution in [0.2, 0.25) is 0 Å². The van der Waals surface area contributed by atoms with Gasteiger partial charge >= 0.3 is 0 Å². The molecule has 0 bridgehead atoms. The number of H-pyrrole nitrogens is 1. The Morgan fingerprint density at radius 3 is 2.67 bits per heavy atom. The van der Waals surface area contributed by atoms with Gasteiger partial charge in [0.1, 0.15) is 0 Å². The molecule has 2 N–H and O–H groups in total. The number of rotatable bonds is 3. The Morgan fingerprint density at radius 2 is 1.86 bits per heavy atom. The van der Waals surface area contributed by atoms with Gasteiger partial charge in [-0.15, -0.1) is 0 Å². The molecule has 1 aromatic carbocycles. The van der Waals surface area contributed by atoms with E-state index in [-0.39, 0.29) is 0 Å². The fourth-order valence-corrected chi connectivity index (χ4v) is 4.27. The third kappa shape index (κ3) is 2.60. The van der Waals surface area contributed by atoms with E-state index in [2.05, 4.69) is 39.5 Å². The molecule has 1 saturated carbocycles. The Kier molecular flexibility index (Phi) is 3.70. The zero-order chi connectivity index (χ0) is 14.1. The summed E-state index contributed by atoms with van der Waals surface area (Å²) in [5, 5.41) is 4.84. The van der Waals surface area contributed by atoms with Crippen LogP contribution in [0.5, 0.6) is 0 Å². The summed E-state index contributed by atoms with van der Waals surface area (Å²) in [6.07, 6.45) is 7.68. The van der Waals surface area contributed by atoms with Crippen molar-refractivity contribution in [1.82, 2.24) is 15.2 Å². The van der Waals surface area contributed by atoms with Gasteiger partial charge in [0.05, 0.1) is 0 Å². The first-order chi connectivity index (χ1) is 10.4. The van der Waals surface area contributed by atoms with Gasteiger partial charge in [-0.3, -0.25) is 4.90 Å². The van der Waals surface area contributed by atoms with Crippen LogP contribution in [0.1, 0.15) is 37.3 Å². The van der Waals surface area contributed by atoms with E-state index >= 15 is 0 Å². The predicted octanol–water partition coefficient (Wildman–Crippen LogP) is 3.30. The summed E-state index contributed by atoms with van der Waals surface area (Å²) < 4.78 is 0. The molecule has 1 saturated heterocycles. The van der Waals surface area contributed by atoms with Gasteiger partial charge in [-0.05, 0) is 47.9 Å². The maximum absolute atomic E-state index is 3.49. The van der Waals surface area contributed by atoms with Crippen molar-refractivity contribution < 1.29 is 0 Å². The van der Waals surface area contributed by atoms with Gasteiger partial charge < -0.3 is 10.3 Å².